The highest BCUT2D eigenvalue weighted by atomic mass is 19.1. The highest BCUT2D eigenvalue weighted by molar-refractivity contribution is 7.17. The summed E-state index contributed by atoms with van der Waals surface area (Å²) in [6.45, 7) is 0.489. The lowest BCUT2D eigenvalue weighted by molar-refractivity contribution is 0.399. The predicted octanol–water partition coefficient (Wildman–Crippen LogP) is 6.70. The summed E-state index contributed by atoms with van der Waals surface area (Å²) in [5, 5.41) is 32.7. The van der Waals surface area contributed by atoms with Gasteiger partial charge in [0.1, 0.15) is 46.7 Å². The summed E-state index contributed by atoms with van der Waals surface area (Å²) in [5.41, 5.74) is 7.28. The molecule has 54 heavy (non-hydrogen) atoms. The van der Waals surface area contributed by atoms with E-state index in [4.69, 9.17) is 35.9 Å². The van der Waals surface area contributed by atoms with Crippen LogP contribution in [0.25, 0.3) is 0 Å². The molecule has 6 aromatic rings. The van der Waals surface area contributed by atoms with Crippen molar-refractivity contribution in [2.45, 2.75) is 6.54 Å². The first-order valence-electron chi connectivity index (χ1n) is 15.6. The summed E-state index contributed by atoms with van der Waals surface area (Å²) >= 11 is 0. The SMILES string of the molecule is CO.N#Cc1ccccc1F.N#Cc1ccccc1Oc1ccccc1.NCc1ccccc1Oc1ccccc1.Oc1ccccc1.[B].[B][B].[B][B][B]. The number of hydrogen-bond donors (Lipinski definition) is 3. The van der Waals surface area contributed by atoms with E-state index < -0.39 is 5.82 Å². The zero-order valence-electron chi connectivity index (χ0n) is 29.8. The Balaban J connectivity index is 0. The van der Waals surface area contributed by atoms with E-state index in [9.17, 15) is 4.39 Å². The number of aromatic hydroxyl groups is 1. The molecule has 0 fully saturated rings. The molecule has 6 rings (SSSR count). The highest BCUT2D eigenvalue weighted by Gasteiger charge is 2.03. The molecule has 0 bridgehead atoms. The molecule has 4 N–H and O–H groups in total. The van der Waals surface area contributed by atoms with Gasteiger partial charge < -0.3 is 25.4 Å². The highest BCUT2D eigenvalue weighted by Crippen LogP contribution is 2.25. The molecule has 14 heteroatoms. The van der Waals surface area contributed by atoms with E-state index in [-0.39, 0.29) is 14.0 Å². The maximum Gasteiger partial charge on any atom is 0.145 e. The largest absolute Gasteiger partial charge is 0.508 e. The molecule has 0 atom stereocenters. The number of ether oxygens (including phenoxy) is 2. The Bertz CT molecular complexity index is 1870. The van der Waals surface area contributed by atoms with Crippen LogP contribution in [0.3, 0.4) is 0 Å². The summed E-state index contributed by atoms with van der Waals surface area (Å²) in [6, 6.07) is 52.5. The van der Waals surface area contributed by atoms with Crippen molar-refractivity contribution in [3.63, 3.8) is 0 Å². The lowest BCUT2D eigenvalue weighted by atomic mass is 9.40. The molecule has 260 valence electrons. The molecule has 0 aliphatic rings. The predicted molar refractivity (Wildman–Crippen MR) is 220 cm³/mol. The molecule has 0 heterocycles. The van der Waals surface area contributed by atoms with E-state index in [1.807, 2.05) is 103 Å². The number of para-hydroxylation sites is 5. The lowest BCUT2D eigenvalue weighted by Gasteiger charge is -2.09. The molecule has 0 aliphatic carbocycles. The van der Waals surface area contributed by atoms with Crippen LogP contribution < -0.4 is 15.2 Å². The third kappa shape index (κ3) is 22.0. The first-order valence-corrected chi connectivity index (χ1v) is 15.6. The number of aliphatic hydroxyl groups excluding tert-OH is 1. The van der Waals surface area contributed by atoms with Crippen LogP contribution >= 0.6 is 0 Å². The Morgan fingerprint density at radius 3 is 1.33 bits per heavy atom. The van der Waals surface area contributed by atoms with Crippen molar-refractivity contribution in [2.24, 2.45) is 5.73 Å². The maximum atomic E-state index is 12.4. The van der Waals surface area contributed by atoms with Crippen molar-refractivity contribution in [2.75, 3.05) is 7.11 Å². The topological polar surface area (TPSA) is 133 Å². The summed E-state index contributed by atoms with van der Waals surface area (Å²) < 4.78 is 23.7. The minimum Gasteiger partial charge on any atom is -0.508 e. The van der Waals surface area contributed by atoms with Crippen molar-refractivity contribution >= 4 is 46.4 Å². The van der Waals surface area contributed by atoms with Crippen LogP contribution in [0, 0.1) is 28.5 Å². The number of rotatable bonds is 5. The number of hydrogen-bond acceptors (Lipinski definition) is 7. The Morgan fingerprint density at radius 1 is 0.593 bits per heavy atom. The van der Waals surface area contributed by atoms with Gasteiger partial charge in [0.2, 0.25) is 0 Å². The molecule has 0 aliphatic heterocycles. The second-order valence-electron chi connectivity index (χ2n) is 9.37. The van der Waals surface area contributed by atoms with Crippen LogP contribution in [0.15, 0.2) is 164 Å². The molecule has 0 spiro atoms. The quantitative estimate of drug-likeness (QED) is 0.170. The molecule has 0 amide bonds. The van der Waals surface area contributed by atoms with Crippen LogP contribution in [0.5, 0.6) is 28.7 Å². The molecule has 6 aromatic carbocycles. The van der Waals surface area contributed by atoms with E-state index in [1.165, 1.54) is 12.1 Å². The third-order valence-corrected chi connectivity index (χ3v) is 5.89. The van der Waals surface area contributed by atoms with E-state index in [1.54, 1.807) is 54.6 Å². The Labute approximate surface area is 326 Å². The number of halogens is 1. The fourth-order valence-electron chi connectivity index (χ4n) is 3.63. The fraction of sp³-hybridized carbons (Fsp3) is 0.0500. The fourth-order valence-corrected chi connectivity index (χ4v) is 3.63. The summed E-state index contributed by atoms with van der Waals surface area (Å²) in [6.07, 6.45) is 0. The van der Waals surface area contributed by atoms with Crippen molar-refractivity contribution in [3.05, 3.63) is 186 Å². The molecular formula is C40H36B6FN3O4. The minimum atomic E-state index is -0.458. The monoisotopic (exact) mass is 707 g/mol. The summed E-state index contributed by atoms with van der Waals surface area (Å²) in [4.78, 5) is 0. The summed E-state index contributed by atoms with van der Waals surface area (Å²) in [5.74, 6) is 2.85. The van der Waals surface area contributed by atoms with Gasteiger partial charge in [0.05, 0.1) is 11.1 Å². The van der Waals surface area contributed by atoms with Gasteiger partial charge in [0.25, 0.3) is 0 Å². The molecule has 0 saturated carbocycles. The van der Waals surface area contributed by atoms with Gasteiger partial charge in [-0.25, -0.2) is 4.39 Å². The maximum absolute atomic E-state index is 12.4. The van der Waals surface area contributed by atoms with E-state index in [2.05, 4.69) is 37.0 Å². The summed E-state index contributed by atoms with van der Waals surface area (Å²) in [7, 11) is 19.0. The average molecular weight is 707 g/mol. The lowest BCUT2D eigenvalue weighted by Crippen LogP contribution is -1.98. The number of nitrogens with two attached hydrogens (primary N) is 1. The molecular weight excluding hydrogens is 670 g/mol. The van der Waals surface area contributed by atoms with Crippen LogP contribution in [-0.4, -0.2) is 63.7 Å². The van der Waals surface area contributed by atoms with Gasteiger partial charge in [0, 0.05) is 65.6 Å². The molecule has 0 saturated heterocycles. The van der Waals surface area contributed by atoms with Gasteiger partial charge in [-0.05, 0) is 66.7 Å². The van der Waals surface area contributed by atoms with Crippen molar-refractivity contribution in [1.82, 2.24) is 0 Å². The smallest absolute Gasteiger partial charge is 0.145 e. The number of phenols is 1. The van der Waals surface area contributed by atoms with E-state index in [0.717, 1.165) is 37.0 Å². The van der Waals surface area contributed by atoms with Gasteiger partial charge >= 0.3 is 0 Å². The Kier molecular flexibility index (Phi) is 31.6. The number of phenolic OH excluding ortho intramolecular Hbond substituents is 1. The molecule has 0 unspecified atom stereocenters. The Morgan fingerprint density at radius 2 is 0.944 bits per heavy atom. The number of nitrogens with zero attached hydrogens (tertiary/aromatic N) is 2. The van der Waals surface area contributed by atoms with Crippen LogP contribution in [-0.2, 0) is 6.54 Å². The molecule has 7 nitrogen and oxygen atoms in total. The van der Waals surface area contributed by atoms with Crippen molar-refractivity contribution in [1.29, 1.82) is 10.5 Å². The zero-order chi connectivity index (χ0) is 39.5. The van der Waals surface area contributed by atoms with Gasteiger partial charge in [-0.2, -0.15) is 10.5 Å². The van der Waals surface area contributed by atoms with Gasteiger partial charge in [-0.1, -0.05) is 97.1 Å². The van der Waals surface area contributed by atoms with E-state index in [0.29, 0.717) is 23.6 Å². The first-order chi connectivity index (χ1) is 25.9. The van der Waals surface area contributed by atoms with Crippen molar-refractivity contribution < 1.29 is 24.1 Å². The molecule has 12 radical (unpaired) electrons. The number of benzene rings is 6. The minimum absolute atomic E-state index is 0. The second kappa shape index (κ2) is 34.0. The van der Waals surface area contributed by atoms with Gasteiger partial charge in [0.15, 0.2) is 0 Å². The normalized spacial score (nSPS) is 8.26. The zero-order valence-corrected chi connectivity index (χ0v) is 29.8. The van der Waals surface area contributed by atoms with Gasteiger partial charge in [-0.3, -0.25) is 0 Å². The van der Waals surface area contributed by atoms with Crippen LogP contribution in [0.1, 0.15) is 16.7 Å². The van der Waals surface area contributed by atoms with Crippen LogP contribution in [0.4, 0.5) is 4.39 Å². The third-order valence-electron chi connectivity index (χ3n) is 5.89. The standard InChI is InChI=1S/C13H13NO.C13H9NO.C7H4FN.C6H6O.CH4O.B3.B2.B/c2*14-10-11-6-4-5-9-13(11)15-12-7-2-1-3-8-12;8-7-4-2-1-3-6(7)5-9;7-6-4-2-1-3-5-6;1-2;1-3-2;1-2;/h1-9H,10,14H2;1-9H;1-4H;1-5,7H;2H,1H3;;;. The van der Waals surface area contributed by atoms with Crippen molar-refractivity contribution in [3.8, 4) is 40.9 Å². The number of aliphatic hydroxyl groups is 1. The first kappa shape index (κ1) is 50.0. The average Bonchev–Trinajstić information content (AvgIpc) is 3.22. The number of nitriles is 2. The Hall–Kier alpha value is -6.06. The molecule has 0 aromatic heterocycles. The van der Waals surface area contributed by atoms with E-state index >= 15 is 0 Å². The van der Waals surface area contributed by atoms with Gasteiger partial charge in [-0.15, -0.1) is 0 Å². The second-order valence-corrected chi connectivity index (χ2v) is 9.37. The van der Waals surface area contributed by atoms with Crippen LogP contribution in [0.2, 0.25) is 0 Å².